The van der Waals surface area contributed by atoms with Crippen LogP contribution in [0.3, 0.4) is 0 Å². The molecule has 0 bridgehead atoms. The van der Waals surface area contributed by atoms with Gasteiger partial charge in [0.25, 0.3) is 0 Å². The van der Waals surface area contributed by atoms with E-state index in [1.54, 1.807) is 6.92 Å². The van der Waals surface area contributed by atoms with Gasteiger partial charge in [-0.25, -0.2) is 9.18 Å². The molecule has 0 saturated heterocycles. The summed E-state index contributed by atoms with van der Waals surface area (Å²) in [7, 11) is 0. The van der Waals surface area contributed by atoms with Gasteiger partial charge in [0.15, 0.2) is 0 Å². The van der Waals surface area contributed by atoms with Gasteiger partial charge in [-0.2, -0.15) is 0 Å². The number of anilines is 1. The molecule has 0 heterocycles. The van der Waals surface area contributed by atoms with Crippen LogP contribution in [-0.2, 0) is 14.3 Å². The van der Waals surface area contributed by atoms with Gasteiger partial charge in [-0.15, -0.1) is 0 Å². The summed E-state index contributed by atoms with van der Waals surface area (Å²) in [6.07, 6.45) is 1.12. The van der Waals surface area contributed by atoms with Crippen molar-refractivity contribution >= 4 is 11.7 Å². The minimum Gasteiger partial charge on any atom is -0.464 e. The Bertz CT molecular complexity index is 492. The second-order valence-corrected chi connectivity index (χ2v) is 5.43. The minimum absolute atomic E-state index is 0.0431. The first-order valence-electron chi connectivity index (χ1n) is 7.33. The molecule has 0 aromatic heterocycles. The third-order valence-electron chi connectivity index (χ3n) is 3.65. The van der Waals surface area contributed by atoms with Crippen LogP contribution in [0.4, 0.5) is 10.1 Å². The van der Waals surface area contributed by atoms with Crippen molar-refractivity contribution < 1.29 is 18.7 Å². The molecule has 1 aromatic carbocycles. The van der Waals surface area contributed by atoms with Crippen molar-refractivity contribution in [1.29, 1.82) is 0 Å². The average Bonchev–Trinajstić information content (AvgIpc) is 2.35. The van der Waals surface area contributed by atoms with Gasteiger partial charge in [0.05, 0.1) is 12.7 Å². The highest BCUT2D eigenvalue weighted by atomic mass is 19.1. The van der Waals surface area contributed by atoms with Crippen LogP contribution < -0.4 is 5.32 Å². The summed E-state index contributed by atoms with van der Waals surface area (Å²) >= 11 is 0. The van der Waals surface area contributed by atoms with Crippen LogP contribution in [-0.4, -0.2) is 30.8 Å². The fraction of sp³-hybridized carbons (Fsp3) is 0.562. The molecular weight excluding hydrogens is 273 g/mol. The van der Waals surface area contributed by atoms with Crippen molar-refractivity contribution in [3.63, 3.8) is 0 Å². The standard InChI is InChI=1S/C16H22FNO3/c1-4-20-14-9-16(10-14,15(19)21-5-2)18-13-7-11(3)6-12(17)8-13/h6-8,14,18H,4-5,9-10H2,1-3H3. The number of carbonyl (C=O) groups excluding carboxylic acids is 1. The molecule has 2 rings (SSSR count). The number of rotatable bonds is 6. The lowest BCUT2D eigenvalue weighted by Gasteiger charge is -2.45. The van der Waals surface area contributed by atoms with Crippen LogP contribution in [0.2, 0.25) is 0 Å². The highest BCUT2D eigenvalue weighted by Crippen LogP contribution is 2.39. The first-order chi connectivity index (χ1) is 9.99. The summed E-state index contributed by atoms with van der Waals surface area (Å²) < 4.78 is 24.2. The molecule has 1 aromatic rings. The van der Waals surface area contributed by atoms with E-state index in [9.17, 15) is 9.18 Å². The van der Waals surface area contributed by atoms with E-state index < -0.39 is 5.54 Å². The lowest BCUT2D eigenvalue weighted by atomic mass is 9.73. The summed E-state index contributed by atoms with van der Waals surface area (Å²) in [5, 5.41) is 3.15. The maximum Gasteiger partial charge on any atom is 0.331 e. The third kappa shape index (κ3) is 3.53. The first-order valence-corrected chi connectivity index (χ1v) is 7.33. The van der Waals surface area contributed by atoms with Crippen molar-refractivity contribution in [3.05, 3.63) is 29.6 Å². The molecule has 0 unspecified atom stereocenters. The van der Waals surface area contributed by atoms with Crippen molar-refractivity contribution in [2.24, 2.45) is 0 Å². The number of hydrogen-bond donors (Lipinski definition) is 1. The van der Waals surface area contributed by atoms with E-state index >= 15 is 0 Å². The maximum absolute atomic E-state index is 13.5. The molecule has 0 aliphatic heterocycles. The Balaban J connectivity index is 2.15. The molecule has 116 valence electrons. The normalized spacial score (nSPS) is 24.3. The molecule has 0 spiro atoms. The number of ether oxygens (including phenoxy) is 2. The van der Waals surface area contributed by atoms with Crippen LogP contribution in [0.15, 0.2) is 18.2 Å². The molecule has 4 nitrogen and oxygen atoms in total. The third-order valence-corrected chi connectivity index (χ3v) is 3.65. The second kappa shape index (κ2) is 6.43. The number of halogens is 1. The van der Waals surface area contributed by atoms with E-state index in [4.69, 9.17) is 9.47 Å². The molecule has 0 radical (unpaired) electrons. The average molecular weight is 295 g/mol. The number of carbonyl (C=O) groups is 1. The Labute approximate surface area is 124 Å². The highest BCUT2D eigenvalue weighted by Gasteiger charge is 2.52. The topological polar surface area (TPSA) is 47.6 Å². The molecule has 1 aliphatic carbocycles. The van der Waals surface area contributed by atoms with Gasteiger partial charge in [0, 0.05) is 25.1 Å². The van der Waals surface area contributed by atoms with E-state index in [0.717, 1.165) is 5.56 Å². The largest absolute Gasteiger partial charge is 0.464 e. The number of esters is 1. The zero-order chi connectivity index (χ0) is 15.5. The fourth-order valence-electron chi connectivity index (χ4n) is 2.74. The van der Waals surface area contributed by atoms with Gasteiger partial charge in [0.1, 0.15) is 11.4 Å². The zero-order valence-electron chi connectivity index (χ0n) is 12.7. The van der Waals surface area contributed by atoms with Crippen LogP contribution >= 0.6 is 0 Å². The van der Waals surface area contributed by atoms with E-state index in [1.165, 1.54) is 12.1 Å². The Kier molecular flexibility index (Phi) is 4.83. The number of nitrogens with one attached hydrogen (secondary N) is 1. The Hall–Kier alpha value is -1.62. The second-order valence-electron chi connectivity index (χ2n) is 5.43. The van der Waals surface area contributed by atoms with Crippen LogP contribution in [0, 0.1) is 12.7 Å². The van der Waals surface area contributed by atoms with E-state index in [1.807, 2.05) is 19.9 Å². The molecule has 0 amide bonds. The fourth-order valence-corrected chi connectivity index (χ4v) is 2.74. The summed E-state index contributed by atoms with van der Waals surface area (Å²) in [5.74, 6) is -0.625. The molecule has 1 N–H and O–H groups in total. The Morgan fingerprint density at radius 1 is 1.33 bits per heavy atom. The van der Waals surface area contributed by atoms with Crippen molar-refractivity contribution in [1.82, 2.24) is 0 Å². The Morgan fingerprint density at radius 3 is 2.62 bits per heavy atom. The van der Waals surface area contributed by atoms with Crippen LogP contribution in [0.1, 0.15) is 32.3 Å². The molecule has 1 aliphatic rings. The van der Waals surface area contributed by atoms with Crippen LogP contribution in [0.25, 0.3) is 0 Å². The number of benzene rings is 1. The van der Waals surface area contributed by atoms with Crippen molar-refractivity contribution in [3.8, 4) is 0 Å². The number of aryl methyl sites for hydroxylation is 1. The molecule has 21 heavy (non-hydrogen) atoms. The number of hydrogen-bond acceptors (Lipinski definition) is 4. The smallest absolute Gasteiger partial charge is 0.331 e. The first kappa shape index (κ1) is 15.8. The van der Waals surface area contributed by atoms with E-state index in [0.29, 0.717) is 31.7 Å². The van der Waals surface area contributed by atoms with Crippen molar-refractivity contribution in [2.75, 3.05) is 18.5 Å². The van der Waals surface area contributed by atoms with Crippen molar-refractivity contribution in [2.45, 2.75) is 45.3 Å². The molecule has 5 heteroatoms. The predicted molar refractivity (Wildman–Crippen MR) is 78.8 cm³/mol. The molecule has 1 fully saturated rings. The summed E-state index contributed by atoms with van der Waals surface area (Å²) in [5.41, 5.74) is 0.587. The molecule has 0 atom stereocenters. The van der Waals surface area contributed by atoms with Gasteiger partial charge in [0.2, 0.25) is 0 Å². The van der Waals surface area contributed by atoms with Gasteiger partial charge in [-0.3, -0.25) is 0 Å². The predicted octanol–water partition coefficient (Wildman–Crippen LogP) is 3.05. The van der Waals surface area contributed by atoms with Gasteiger partial charge in [-0.05, 0) is 44.5 Å². The van der Waals surface area contributed by atoms with E-state index in [2.05, 4.69) is 5.32 Å². The highest BCUT2D eigenvalue weighted by molar-refractivity contribution is 5.86. The Morgan fingerprint density at radius 2 is 2.05 bits per heavy atom. The maximum atomic E-state index is 13.5. The molecule has 1 saturated carbocycles. The quantitative estimate of drug-likeness (QED) is 0.819. The van der Waals surface area contributed by atoms with Gasteiger partial charge < -0.3 is 14.8 Å². The monoisotopic (exact) mass is 295 g/mol. The lowest BCUT2D eigenvalue weighted by Crippen LogP contribution is -2.60. The summed E-state index contributed by atoms with van der Waals surface area (Å²) in [6, 6.07) is 4.66. The lowest BCUT2D eigenvalue weighted by molar-refractivity contribution is -0.158. The van der Waals surface area contributed by atoms with Crippen LogP contribution in [0.5, 0.6) is 0 Å². The van der Waals surface area contributed by atoms with Gasteiger partial charge in [-0.1, -0.05) is 0 Å². The van der Waals surface area contributed by atoms with Gasteiger partial charge >= 0.3 is 5.97 Å². The minimum atomic E-state index is -0.809. The van der Waals surface area contributed by atoms with E-state index in [-0.39, 0.29) is 17.9 Å². The zero-order valence-corrected chi connectivity index (χ0v) is 12.7. The SMILES string of the molecule is CCOC(=O)C1(Nc2cc(C)cc(F)c2)CC(OCC)C1. The summed E-state index contributed by atoms with van der Waals surface area (Å²) in [4.78, 5) is 12.2. The molecular formula is C16H22FNO3. The summed E-state index contributed by atoms with van der Waals surface area (Å²) in [6.45, 7) is 6.45.